The molecule has 4 nitrogen and oxygen atoms in total. The number of benzene rings is 2. The Labute approximate surface area is 188 Å². The van der Waals surface area contributed by atoms with Gasteiger partial charge in [-0.1, -0.05) is 36.4 Å². The van der Waals surface area contributed by atoms with Crippen LogP contribution in [0.5, 0.6) is 0 Å². The summed E-state index contributed by atoms with van der Waals surface area (Å²) in [4.78, 5) is 17.6. The molecule has 0 spiro atoms. The fourth-order valence-electron chi connectivity index (χ4n) is 3.89. The molecular weight excluding hydrogens is 410 g/mol. The number of carbonyl (C=O) groups excluding carboxylic acids is 1. The van der Waals surface area contributed by atoms with Crippen molar-refractivity contribution in [2.24, 2.45) is 5.73 Å². The molecule has 0 saturated carbocycles. The van der Waals surface area contributed by atoms with E-state index in [0.717, 1.165) is 46.0 Å². The van der Waals surface area contributed by atoms with Gasteiger partial charge in [0.1, 0.15) is 0 Å². The highest BCUT2D eigenvalue weighted by atomic mass is 32.2. The molecule has 3 aromatic rings. The van der Waals surface area contributed by atoms with E-state index in [9.17, 15) is 4.79 Å². The van der Waals surface area contributed by atoms with Crippen LogP contribution in [0.1, 0.15) is 53.6 Å². The van der Waals surface area contributed by atoms with E-state index in [4.69, 9.17) is 5.73 Å². The summed E-state index contributed by atoms with van der Waals surface area (Å²) in [6.45, 7) is 6.19. The number of aromatic nitrogens is 1. The lowest BCUT2D eigenvalue weighted by molar-refractivity contribution is 0.100. The number of nitrogens with two attached hydrogens (primary N) is 1. The van der Waals surface area contributed by atoms with Crippen LogP contribution in [0.25, 0.3) is 10.9 Å². The van der Waals surface area contributed by atoms with Gasteiger partial charge in [-0.05, 0) is 80.8 Å². The zero-order chi connectivity index (χ0) is 21.5. The monoisotopic (exact) mass is 441 g/mol. The van der Waals surface area contributed by atoms with Crippen molar-refractivity contribution in [1.29, 1.82) is 0 Å². The van der Waals surface area contributed by atoms with E-state index >= 15 is 0 Å². The second kappa shape index (κ2) is 10.9. The highest BCUT2D eigenvalue weighted by molar-refractivity contribution is 7.99. The minimum absolute atomic E-state index is 0.387. The number of aryl methyl sites for hydroxylation is 1. The van der Waals surface area contributed by atoms with E-state index in [0.29, 0.717) is 11.5 Å². The lowest BCUT2D eigenvalue weighted by Gasteiger charge is -2.14. The number of aromatic amines is 1. The Bertz CT molecular complexity index is 974. The van der Waals surface area contributed by atoms with Gasteiger partial charge in [0.25, 0.3) is 5.91 Å². The summed E-state index contributed by atoms with van der Waals surface area (Å²) >= 11 is 5.46. The number of amides is 1. The van der Waals surface area contributed by atoms with Crippen molar-refractivity contribution in [2.45, 2.75) is 48.8 Å². The van der Waals surface area contributed by atoms with Crippen molar-refractivity contribution in [3.05, 3.63) is 59.3 Å². The standard InChI is InChI=1S/C22H25N3OS.C2H6S/c1-14-4-6-16(7-5-14)27-17-11-18-20(15-3-2-9-24-10-8-15)13-25-21(18)19(12-17)22(23)26;1-2-3/h4-7,11-13,15,24-25H,2-3,8-10H2,1H3,(H2,23,26);3H,2H2,1H3. The molecule has 1 aromatic heterocycles. The minimum Gasteiger partial charge on any atom is -0.366 e. The van der Waals surface area contributed by atoms with Crippen LogP contribution in [-0.4, -0.2) is 29.7 Å². The first-order chi connectivity index (χ1) is 14.5. The third-order valence-corrected chi connectivity index (χ3v) is 6.31. The molecule has 1 aliphatic heterocycles. The minimum atomic E-state index is -0.387. The molecule has 1 amide bonds. The van der Waals surface area contributed by atoms with Crippen LogP contribution >= 0.6 is 24.4 Å². The molecule has 0 radical (unpaired) electrons. The predicted molar refractivity (Wildman–Crippen MR) is 131 cm³/mol. The Kier molecular flexibility index (Phi) is 8.31. The first-order valence-corrected chi connectivity index (χ1v) is 12.0. The molecule has 1 fully saturated rings. The molecule has 0 bridgehead atoms. The SMILES string of the molecule is CCS.Cc1ccc(Sc2cc(C(N)=O)c3[nH]cc(C4CCCNCC4)c3c2)cc1. The van der Waals surface area contributed by atoms with Crippen molar-refractivity contribution in [3.63, 3.8) is 0 Å². The van der Waals surface area contributed by atoms with Gasteiger partial charge in [0.05, 0.1) is 11.1 Å². The number of primary amides is 1. The molecule has 160 valence electrons. The van der Waals surface area contributed by atoms with Gasteiger partial charge in [0, 0.05) is 21.4 Å². The fourth-order valence-corrected chi connectivity index (χ4v) is 4.79. The molecule has 1 aliphatic rings. The number of hydrogen-bond acceptors (Lipinski definition) is 4. The van der Waals surface area contributed by atoms with Gasteiger partial charge < -0.3 is 16.0 Å². The van der Waals surface area contributed by atoms with E-state index in [1.165, 1.54) is 24.0 Å². The molecule has 2 aromatic carbocycles. The van der Waals surface area contributed by atoms with Crippen molar-refractivity contribution in [1.82, 2.24) is 10.3 Å². The van der Waals surface area contributed by atoms with Crippen molar-refractivity contribution in [3.8, 4) is 0 Å². The Morgan fingerprint density at radius 2 is 1.90 bits per heavy atom. The lowest BCUT2D eigenvalue weighted by atomic mass is 9.91. The van der Waals surface area contributed by atoms with Crippen LogP contribution in [0.2, 0.25) is 0 Å². The zero-order valence-electron chi connectivity index (χ0n) is 17.7. The molecule has 1 unspecified atom stereocenters. The smallest absolute Gasteiger partial charge is 0.250 e. The van der Waals surface area contributed by atoms with Gasteiger partial charge in [-0.15, -0.1) is 0 Å². The summed E-state index contributed by atoms with van der Waals surface area (Å²) in [6.07, 6.45) is 5.54. The Balaban J connectivity index is 0.000000806. The number of H-pyrrole nitrogens is 1. The van der Waals surface area contributed by atoms with Crippen LogP contribution in [0.4, 0.5) is 0 Å². The van der Waals surface area contributed by atoms with Crippen molar-refractivity contribution >= 4 is 41.2 Å². The van der Waals surface area contributed by atoms with Gasteiger partial charge in [0.2, 0.25) is 0 Å². The Hall–Kier alpha value is -1.89. The first-order valence-electron chi connectivity index (χ1n) is 10.5. The summed E-state index contributed by atoms with van der Waals surface area (Å²) in [5.74, 6) is 1.07. The van der Waals surface area contributed by atoms with Crippen molar-refractivity contribution in [2.75, 3.05) is 18.8 Å². The van der Waals surface area contributed by atoms with E-state index < -0.39 is 0 Å². The van der Waals surface area contributed by atoms with Crippen LogP contribution in [0.3, 0.4) is 0 Å². The van der Waals surface area contributed by atoms with Crippen LogP contribution < -0.4 is 11.1 Å². The number of carbonyl (C=O) groups is 1. The van der Waals surface area contributed by atoms with Crippen LogP contribution in [0, 0.1) is 6.92 Å². The maximum absolute atomic E-state index is 12.1. The number of nitrogens with one attached hydrogen (secondary N) is 2. The molecular formula is C24H31N3OS2. The highest BCUT2D eigenvalue weighted by Gasteiger charge is 2.20. The quantitative estimate of drug-likeness (QED) is 0.403. The number of thiol groups is 1. The summed E-state index contributed by atoms with van der Waals surface area (Å²) in [6, 6.07) is 12.6. The summed E-state index contributed by atoms with van der Waals surface area (Å²) < 4.78 is 0. The third kappa shape index (κ3) is 5.62. The largest absolute Gasteiger partial charge is 0.366 e. The van der Waals surface area contributed by atoms with Crippen LogP contribution in [0.15, 0.2) is 52.4 Å². The molecule has 6 heteroatoms. The third-order valence-electron chi connectivity index (χ3n) is 5.33. The van der Waals surface area contributed by atoms with Gasteiger partial charge in [0.15, 0.2) is 0 Å². The second-order valence-electron chi connectivity index (χ2n) is 7.61. The highest BCUT2D eigenvalue weighted by Crippen LogP contribution is 2.37. The Morgan fingerprint density at radius 3 is 2.60 bits per heavy atom. The topological polar surface area (TPSA) is 70.9 Å². The van der Waals surface area contributed by atoms with Gasteiger partial charge in [-0.3, -0.25) is 4.79 Å². The number of rotatable bonds is 4. The van der Waals surface area contributed by atoms with Gasteiger partial charge in [-0.2, -0.15) is 12.6 Å². The van der Waals surface area contributed by atoms with Gasteiger partial charge in [-0.25, -0.2) is 0 Å². The fraction of sp³-hybridized carbons (Fsp3) is 0.375. The normalized spacial score (nSPS) is 16.6. The molecule has 1 atom stereocenters. The molecule has 0 aliphatic carbocycles. The van der Waals surface area contributed by atoms with E-state index in [1.54, 1.807) is 11.8 Å². The van der Waals surface area contributed by atoms with E-state index in [2.05, 4.69) is 66.4 Å². The molecule has 4 N–H and O–H groups in total. The number of fused-ring (bicyclic) bond motifs is 1. The molecule has 4 rings (SSSR count). The number of hydrogen-bond donors (Lipinski definition) is 4. The second-order valence-corrected chi connectivity index (χ2v) is 9.39. The summed E-state index contributed by atoms with van der Waals surface area (Å²) in [5.41, 5.74) is 9.68. The average molecular weight is 442 g/mol. The van der Waals surface area contributed by atoms with Crippen LogP contribution in [-0.2, 0) is 0 Å². The zero-order valence-corrected chi connectivity index (χ0v) is 19.4. The maximum atomic E-state index is 12.1. The van der Waals surface area contributed by atoms with E-state index in [-0.39, 0.29) is 5.91 Å². The summed E-state index contributed by atoms with van der Waals surface area (Å²) in [7, 11) is 0. The molecule has 1 saturated heterocycles. The summed E-state index contributed by atoms with van der Waals surface area (Å²) in [5, 5.41) is 4.61. The van der Waals surface area contributed by atoms with Crippen molar-refractivity contribution < 1.29 is 4.79 Å². The van der Waals surface area contributed by atoms with Gasteiger partial charge >= 0.3 is 0 Å². The first kappa shape index (κ1) is 22.8. The van der Waals surface area contributed by atoms with E-state index in [1.807, 2.05) is 13.0 Å². The molecule has 2 heterocycles. The predicted octanol–water partition coefficient (Wildman–Crippen LogP) is 5.52. The molecule has 30 heavy (non-hydrogen) atoms. The Morgan fingerprint density at radius 1 is 1.17 bits per heavy atom. The lowest BCUT2D eigenvalue weighted by Crippen LogP contribution is -2.13. The average Bonchev–Trinajstić information content (AvgIpc) is 2.95. The maximum Gasteiger partial charge on any atom is 0.250 e.